The first kappa shape index (κ1) is 20.7. The van der Waals surface area contributed by atoms with Crippen molar-refractivity contribution in [2.75, 3.05) is 4.90 Å². The highest BCUT2D eigenvalue weighted by Gasteiger charge is 2.58. The molecule has 0 radical (unpaired) electrons. The lowest BCUT2D eigenvalue weighted by Gasteiger charge is -2.58. The number of fused-ring (bicyclic) bond motifs is 4. The van der Waals surface area contributed by atoms with Gasteiger partial charge in [0, 0.05) is 21.9 Å². The lowest BCUT2D eigenvalue weighted by atomic mass is 9.23. The van der Waals surface area contributed by atoms with Gasteiger partial charge in [-0.05, 0) is 58.8 Å². The summed E-state index contributed by atoms with van der Waals surface area (Å²) in [5.41, 5.74) is 8.73. The highest BCUT2D eigenvalue weighted by molar-refractivity contribution is 8.03. The van der Waals surface area contributed by atoms with Gasteiger partial charge in [0.1, 0.15) is 0 Å². The van der Waals surface area contributed by atoms with Crippen molar-refractivity contribution >= 4 is 35.1 Å². The predicted octanol–water partition coefficient (Wildman–Crippen LogP) is 6.44. The van der Waals surface area contributed by atoms with E-state index in [1.807, 2.05) is 11.8 Å². The molecule has 0 saturated heterocycles. The SMILES string of the molecule is CC1CCc2cccc3c2N(C1C)C1C=CC=C2Sc4ccc(-c5ccccc5)cc4B3C21C. The summed E-state index contributed by atoms with van der Waals surface area (Å²) in [5.74, 6) is 0.677. The molecule has 4 atom stereocenters. The first-order chi connectivity index (χ1) is 16.6. The molecular formula is C31H30BNS. The fourth-order valence-electron chi connectivity index (χ4n) is 7.08. The number of para-hydroxylation sites is 1. The molecule has 0 aromatic heterocycles. The van der Waals surface area contributed by atoms with Crippen molar-refractivity contribution in [2.24, 2.45) is 5.92 Å². The summed E-state index contributed by atoms with van der Waals surface area (Å²) >= 11 is 2.00. The summed E-state index contributed by atoms with van der Waals surface area (Å²) in [5, 5.41) is 0.0334. The Morgan fingerprint density at radius 2 is 1.79 bits per heavy atom. The number of rotatable bonds is 1. The normalized spacial score (nSPS) is 28.4. The Balaban J connectivity index is 1.52. The number of anilines is 1. The number of thioether (sulfide) groups is 1. The monoisotopic (exact) mass is 459 g/mol. The van der Waals surface area contributed by atoms with E-state index >= 15 is 0 Å². The Morgan fingerprint density at radius 1 is 0.941 bits per heavy atom. The summed E-state index contributed by atoms with van der Waals surface area (Å²) < 4.78 is 0. The van der Waals surface area contributed by atoms with Gasteiger partial charge in [0.25, 0.3) is 0 Å². The van der Waals surface area contributed by atoms with Crippen LogP contribution in [0.25, 0.3) is 11.1 Å². The molecule has 3 heterocycles. The van der Waals surface area contributed by atoms with Crippen LogP contribution in [0.15, 0.2) is 94.8 Å². The number of allylic oxidation sites excluding steroid dienone is 2. The van der Waals surface area contributed by atoms with E-state index in [0.29, 0.717) is 24.7 Å². The third-order valence-electron chi connectivity index (χ3n) is 9.08. The van der Waals surface area contributed by atoms with Gasteiger partial charge in [-0.25, -0.2) is 0 Å². The zero-order valence-corrected chi connectivity index (χ0v) is 21.0. The highest BCUT2D eigenvalue weighted by atomic mass is 32.2. The van der Waals surface area contributed by atoms with Crippen molar-refractivity contribution in [3.8, 4) is 11.1 Å². The molecule has 0 spiro atoms. The Hall–Kier alpha value is -2.65. The van der Waals surface area contributed by atoms with Crippen molar-refractivity contribution in [3.63, 3.8) is 0 Å². The topological polar surface area (TPSA) is 3.24 Å². The molecule has 1 nitrogen and oxygen atoms in total. The van der Waals surface area contributed by atoms with Crippen LogP contribution in [0.2, 0.25) is 5.31 Å². The Kier molecular flexibility index (Phi) is 4.52. The number of hydrogen-bond donors (Lipinski definition) is 0. The average molecular weight is 459 g/mol. The molecule has 4 aliphatic rings. The molecule has 0 bridgehead atoms. The standard InChI is InChI=1S/C31H30BNS/c1-20-15-16-23-11-7-12-25-30(23)33(21(20)2)28-13-8-14-29-31(28,3)32(25)26-19-24(17-18-27(26)34-29)22-9-5-4-6-10-22/h4-14,17-21,28H,15-16H2,1-3H3. The van der Waals surface area contributed by atoms with Crippen LogP contribution in [0.5, 0.6) is 0 Å². The van der Waals surface area contributed by atoms with Crippen LogP contribution in [0.3, 0.4) is 0 Å². The molecule has 0 fully saturated rings. The molecule has 4 unspecified atom stereocenters. The van der Waals surface area contributed by atoms with Crippen LogP contribution in [0.1, 0.15) is 32.8 Å². The van der Waals surface area contributed by atoms with Gasteiger partial charge in [-0.3, -0.25) is 0 Å². The van der Waals surface area contributed by atoms with Crippen LogP contribution in [-0.2, 0) is 6.42 Å². The quantitative estimate of drug-likeness (QED) is 0.385. The van der Waals surface area contributed by atoms with Crippen LogP contribution < -0.4 is 15.8 Å². The van der Waals surface area contributed by atoms with E-state index < -0.39 is 0 Å². The molecular weight excluding hydrogens is 429 g/mol. The second kappa shape index (κ2) is 7.42. The summed E-state index contributed by atoms with van der Waals surface area (Å²) in [6, 6.07) is 26.1. The summed E-state index contributed by atoms with van der Waals surface area (Å²) in [7, 11) is 0. The fourth-order valence-corrected chi connectivity index (χ4v) is 8.35. The molecule has 3 heteroatoms. The van der Waals surface area contributed by atoms with Crippen LogP contribution in [0.4, 0.5) is 5.69 Å². The minimum absolute atomic E-state index is 0.0334. The van der Waals surface area contributed by atoms with E-state index in [1.165, 1.54) is 50.4 Å². The van der Waals surface area contributed by atoms with Gasteiger partial charge in [-0.15, -0.1) is 0 Å². The summed E-state index contributed by atoms with van der Waals surface area (Å²) in [6.07, 6.45) is 9.66. The minimum atomic E-state index is 0.0334. The Morgan fingerprint density at radius 3 is 2.65 bits per heavy atom. The van der Waals surface area contributed by atoms with Crippen LogP contribution in [0, 0.1) is 5.92 Å². The smallest absolute Gasteiger partial charge is 0.226 e. The van der Waals surface area contributed by atoms with E-state index in [4.69, 9.17) is 0 Å². The third kappa shape index (κ3) is 2.71. The van der Waals surface area contributed by atoms with E-state index in [1.54, 1.807) is 5.56 Å². The number of benzene rings is 3. The van der Waals surface area contributed by atoms with Crippen molar-refractivity contribution in [1.29, 1.82) is 0 Å². The van der Waals surface area contributed by atoms with E-state index in [9.17, 15) is 0 Å². The molecule has 7 rings (SSSR count). The van der Waals surface area contributed by atoms with Gasteiger partial charge in [-0.2, -0.15) is 0 Å². The molecule has 168 valence electrons. The fraction of sp³-hybridized carbons (Fsp3) is 0.290. The van der Waals surface area contributed by atoms with Crippen molar-refractivity contribution in [1.82, 2.24) is 0 Å². The van der Waals surface area contributed by atoms with Crippen molar-refractivity contribution < 1.29 is 0 Å². The largest absolute Gasteiger partial charge is 0.362 e. The zero-order valence-electron chi connectivity index (χ0n) is 20.2. The maximum absolute atomic E-state index is 2.81. The molecule has 3 aliphatic heterocycles. The second-order valence-electron chi connectivity index (χ2n) is 10.8. The molecule has 3 aromatic rings. The van der Waals surface area contributed by atoms with Crippen molar-refractivity contribution in [2.45, 2.75) is 55.9 Å². The zero-order chi connectivity index (χ0) is 23.0. The van der Waals surface area contributed by atoms with Crippen LogP contribution in [-0.4, -0.2) is 18.8 Å². The van der Waals surface area contributed by atoms with Gasteiger partial charge < -0.3 is 4.90 Å². The molecule has 0 N–H and O–H groups in total. The summed E-state index contributed by atoms with van der Waals surface area (Å²) in [6.45, 7) is 7.82. The lowest BCUT2D eigenvalue weighted by Crippen LogP contribution is -2.68. The van der Waals surface area contributed by atoms with Gasteiger partial charge in [0.15, 0.2) is 0 Å². The highest BCUT2D eigenvalue weighted by Crippen LogP contribution is 2.59. The number of nitrogens with zero attached hydrogens (tertiary/aromatic N) is 1. The lowest BCUT2D eigenvalue weighted by molar-refractivity contribution is 0.399. The van der Waals surface area contributed by atoms with Crippen molar-refractivity contribution in [3.05, 3.63) is 95.4 Å². The molecule has 0 amide bonds. The van der Waals surface area contributed by atoms with Crippen LogP contribution >= 0.6 is 11.8 Å². The maximum atomic E-state index is 2.81. The Bertz CT molecular complexity index is 1360. The first-order valence-electron chi connectivity index (χ1n) is 12.7. The Labute approximate surface area is 208 Å². The van der Waals surface area contributed by atoms with E-state index in [2.05, 4.69) is 111 Å². The van der Waals surface area contributed by atoms with Gasteiger partial charge in [0.2, 0.25) is 6.71 Å². The molecule has 34 heavy (non-hydrogen) atoms. The second-order valence-corrected chi connectivity index (χ2v) is 11.9. The first-order valence-corrected chi connectivity index (χ1v) is 13.6. The number of aryl methyl sites for hydroxylation is 1. The van der Waals surface area contributed by atoms with E-state index in [-0.39, 0.29) is 5.31 Å². The molecule has 0 saturated carbocycles. The minimum Gasteiger partial charge on any atom is -0.362 e. The maximum Gasteiger partial charge on any atom is 0.226 e. The van der Waals surface area contributed by atoms with Gasteiger partial charge in [0.05, 0.1) is 6.04 Å². The third-order valence-corrected chi connectivity index (χ3v) is 10.5. The molecule has 3 aromatic carbocycles. The predicted molar refractivity (Wildman–Crippen MR) is 148 cm³/mol. The van der Waals surface area contributed by atoms with E-state index in [0.717, 1.165) is 0 Å². The average Bonchev–Trinajstić information content (AvgIpc) is 2.98. The summed E-state index contributed by atoms with van der Waals surface area (Å²) in [4.78, 5) is 5.75. The van der Waals surface area contributed by atoms with Gasteiger partial charge in [-0.1, -0.05) is 110 Å². The molecule has 1 aliphatic carbocycles. The van der Waals surface area contributed by atoms with Gasteiger partial charge >= 0.3 is 0 Å². The number of hydrogen-bond acceptors (Lipinski definition) is 2.